The summed E-state index contributed by atoms with van der Waals surface area (Å²) < 4.78 is 1.54. The molecule has 0 spiro atoms. The fourth-order valence-corrected chi connectivity index (χ4v) is 3.93. The van der Waals surface area contributed by atoms with E-state index in [0.29, 0.717) is 18.2 Å². The van der Waals surface area contributed by atoms with Crippen molar-refractivity contribution in [2.75, 3.05) is 29.4 Å². The summed E-state index contributed by atoms with van der Waals surface area (Å²) in [4.78, 5) is 34.2. The van der Waals surface area contributed by atoms with Crippen molar-refractivity contribution in [1.82, 2.24) is 9.55 Å². The quantitative estimate of drug-likeness (QED) is 0.849. The maximum absolute atomic E-state index is 13.1. The van der Waals surface area contributed by atoms with Crippen molar-refractivity contribution in [3.8, 4) is 0 Å². The average Bonchev–Trinajstić information content (AvgIpc) is 3.17. The smallest absolute Gasteiger partial charge is 0.255 e. The number of hydrogen-bond acceptors (Lipinski definition) is 4. The second-order valence-electron chi connectivity index (χ2n) is 7.09. The topological polar surface area (TPSA) is 58.4 Å². The first-order chi connectivity index (χ1) is 12.6. The van der Waals surface area contributed by atoms with Crippen molar-refractivity contribution >= 4 is 17.5 Å². The van der Waals surface area contributed by atoms with Crippen LogP contribution in [0.15, 0.2) is 35.1 Å². The Morgan fingerprint density at radius 2 is 1.88 bits per heavy atom. The van der Waals surface area contributed by atoms with Gasteiger partial charge in [-0.25, -0.2) is 4.98 Å². The SMILES string of the molecule is Cc1cc(=O)n(CC(=O)N2CCCc3ccccc32)c(N2CCCC2)n1. The Bertz CT molecular complexity index is 884. The first-order valence-electron chi connectivity index (χ1n) is 9.35. The molecule has 0 saturated carbocycles. The monoisotopic (exact) mass is 352 g/mol. The summed E-state index contributed by atoms with van der Waals surface area (Å²) in [6, 6.07) is 9.54. The largest absolute Gasteiger partial charge is 0.342 e. The highest BCUT2D eigenvalue weighted by Gasteiger charge is 2.25. The molecule has 6 nitrogen and oxygen atoms in total. The molecule has 1 saturated heterocycles. The highest BCUT2D eigenvalue weighted by Crippen LogP contribution is 2.27. The fourth-order valence-electron chi connectivity index (χ4n) is 3.93. The van der Waals surface area contributed by atoms with E-state index in [2.05, 4.69) is 16.0 Å². The summed E-state index contributed by atoms with van der Waals surface area (Å²) >= 11 is 0. The lowest BCUT2D eigenvalue weighted by molar-refractivity contribution is -0.119. The van der Waals surface area contributed by atoms with E-state index in [4.69, 9.17) is 0 Å². The van der Waals surface area contributed by atoms with Gasteiger partial charge in [-0.15, -0.1) is 0 Å². The van der Waals surface area contributed by atoms with Crippen LogP contribution in [-0.2, 0) is 17.8 Å². The molecule has 2 aliphatic heterocycles. The van der Waals surface area contributed by atoms with E-state index in [-0.39, 0.29) is 18.0 Å². The highest BCUT2D eigenvalue weighted by molar-refractivity contribution is 5.94. The third-order valence-corrected chi connectivity index (χ3v) is 5.21. The summed E-state index contributed by atoms with van der Waals surface area (Å²) in [6.45, 7) is 4.33. The van der Waals surface area contributed by atoms with Gasteiger partial charge in [0, 0.05) is 37.1 Å². The minimum atomic E-state index is -0.155. The molecule has 1 aromatic heterocycles. The summed E-state index contributed by atoms with van der Waals surface area (Å²) in [7, 11) is 0. The van der Waals surface area contributed by atoms with Crippen molar-refractivity contribution in [2.24, 2.45) is 0 Å². The average molecular weight is 352 g/mol. The Morgan fingerprint density at radius 3 is 2.69 bits per heavy atom. The first kappa shape index (κ1) is 16.8. The van der Waals surface area contributed by atoms with Gasteiger partial charge in [0.2, 0.25) is 11.9 Å². The number of fused-ring (bicyclic) bond motifs is 1. The van der Waals surface area contributed by atoms with Gasteiger partial charge in [-0.2, -0.15) is 0 Å². The minimum absolute atomic E-state index is 0.0340. The van der Waals surface area contributed by atoms with E-state index in [1.807, 2.05) is 30.0 Å². The van der Waals surface area contributed by atoms with Gasteiger partial charge in [0.05, 0.1) is 0 Å². The molecule has 2 aromatic rings. The molecule has 3 heterocycles. The Balaban J connectivity index is 1.66. The van der Waals surface area contributed by atoms with Crippen molar-refractivity contribution in [3.05, 3.63) is 51.9 Å². The molecule has 1 aromatic carbocycles. The van der Waals surface area contributed by atoms with Crippen LogP contribution in [0.2, 0.25) is 0 Å². The van der Waals surface area contributed by atoms with Gasteiger partial charge >= 0.3 is 0 Å². The first-order valence-corrected chi connectivity index (χ1v) is 9.35. The Morgan fingerprint density at radius 1 is 1.12 bits per heavy atom. The van der Waals surface area contributed by atoms with Crippen molar-refractivity contribution < 1.29 is 4.79 Å². The molecule has 0 bridgehead atoms. The van der Waals surface area contributed by atoms with Crippen LogP contribution < -0.4 is 15.4 Å². The van der Waals surface area contributed by atoms with E-state index in [9.17, 15) is 9.59 Å². The molecule has 1 fully saturated rings. The second kappa shape index (κ2) is 6.94. The third kappa shape index (κ3) is 3.11. The van der Waals surface area contributed by atoms with Crippen molar-refractivity contribution in [3.63, 3.8) is 0 Å². The third-order valence-electron chi connectivity index (χ3n) is 5.21. The van der Waals surface area contributed by atoms with Crippen LogP contribution in [0.25, 0.3) is 0 Å². The lowest BCUT2D eigenvalue weighted by atomic mass is 10.0. The fraction of sp³-hybridized carbons (Fsp3) is 0.450. The molecule has 136 valence electrons. The predicted octanol–water partition coefficient (Wildman–Crippen LogP) is 2.13. The number of rotatable bonds is 3. The number of anilines is 2. The van der Waals surface area contributed by atoms with Crippen LogP contribution in [0.5, 0.6) is 0 Å². The van der Waals surface area contributed by atoms with Gasteiger partial charge in [0.25, 0.3) is 5.56 Å². The molecule has 6 heteroatoms. The van der Waals surface area contributed by atoms with Gasteiger partial charge in [-0.1, -0.05) is 18.2 Å². The number of hydrogen-bond donors (Lipinski definition) is 0. The lowest BCUT2D eigenvalue weighted by Crippen LogP contribution is -2.41. The molecule has 0 aliphatic carbocycles. The van der Waals surface area contributed by atoms with Gasteiger partial charge in [0.15, 0.2) is 0 Å². The molecule has 0 radical (unpaired) electrons. The minimum Gasteiger partial charge on any atom is -0.342 e. The maximum atomic E-state index is 13.1. The summed E-state index contributed by atoms with van der Waals surface area (Å²) in [5.74, 6) is 0.580. The van der Waals surface area contributed by atoms with E-state index in [1.165, 1.54) is 16.2 Å². The zero-order chi connectivity index (χ0) is 18.1. The zero-order valence-electron chi connectivity index (χ0n) is 15.1. The molecule has 2 aliphatic rings. The lowest BCUT2D eigenvalue weighted by Gasteiger charge is -2.30. The van der Waals surface area contributed by atoms with Crippen molar-refractivity contribution in [1.29, 1.82) is 0 Å². The van der Waals surface area contributed by atoms with Gasteiger partial charge in [-0.05, 0) is 44.2 Å². The van der Waals surface area contributed by atoms with E-state index in [0.717, 1.165) is 44.5 Å². The normalized spacial score (nSPS) is 16.7. The van der Waals surface area contributed by atoms with Crippen LogP contribution >= 0.6 is 0 Å². The highest BCUT2D eigenvalue weighted by atomic mass is 16.2. The van der Waals surface area contributed by atoms with Gasteiger partial charge < -0.3 is 9.80 Å². The molecule has 0 N–H and O–H groups in total. The standard InChI is InChI=1S/C20H24N4O2/c1-15-13-18(25)24(20(21-15)22-10-4-5-11-22)14-19(26)23-12-6-8-16-7-2-3-9-17(16)23/h2-3,7,9,13H,4-6,8,10-12,14H2,1H3. The van der Waals surface area contributed by atoms with Crippen LogP contribution in [0.1, 0.15) is 30.5 Å². The molecule has 0 unspecified atom stereocenters. The summed E-state index contributed by atoms with van der Waals surface area (Å²) in [5.41, 5.74) is 2.71. The zero-order valence-corrected chi connectivity index (χ0v) is 15.1. The number of carbonyl (C=O) groups is 1. The second-order valence-corrected chi connectivity index (χ2v) is 7.09. The van der Waals surface area contributed by atoms with Crippen LogP contribution in [0.4, 0.5) is 11.6 Å². The molecular formula is C20H24N4O2. The number of para-hydroxylation sites is 1. The number of amides is 1. The van der Waals surface area contributed by atoms with Crippen molar-refractivity contribution in [2.45, 2.75) is 39.2 Å². The van der Waals surface area contributed by atoms with Gasteiger partial charge in [0.1, 0.15) is 6.54 Å². The molecule has 0 atom stereocenters. The maximum Gasteiger partial charge on any atom is 0.255 e. The summed E-state index contributed by atoms with van der Waals surface area (Å²) in [5, 5.41) is 0. The molecule has 26 heavy (non-hydrogen) atoms. The van der Waals surface area contributed by atoms with Crippen LogP contribution in [0.3, 0.4) is 0 Å². The molecular weight excluding hydrogens is 328 g/mol. The predicted molar refractivity (Wildman–Crippen MR) is 102 cm³/mol. The molecule has 4 rings (SSSR count). The number of aryl methyl sites for hydroxylation is 2. The summed E-state index contributed by atoms with van der Waals surface area (Å²) in [6.07, 6.45) is 4.13. The number of nitrogens with zero attached hydrogens (tertiary/aromatic N) is 4. The number of benzene rings is 1. The number of carbonyl (C=O) groups excluding carboxylic acids is 1. The van der Waals surface area contributed by atoms with Crippen LogP contribution in [-0.4, -0.2) is 35.1 Å². The van der Waals surface area contributed by atoms with Crippen LogP contribution in [0, 0.1) is 6.92 Å². The Labute approximate surface area is 153 Å². The Hall–Kier alpha value is -2.63. The van der Waals surface area contributed by atoms with E-state index >= 15 is 0 Å². The Kier molecular flexibility index (Phi) is 4.49. The van der Waals surface area contributed by atoms with Gasteiger partial charge in [-0.3, -0.25) is 14.2 Å². The number of aromatic nitrogens is 2. The van der Waals surface area contributed by atoms with E-state index < -0.39 is 0 Å². The van der Waals surface area contributed by atoms with E-state index in [1.54, 1.807) is 0 Å². The molecule has 1 amide bonds.